The van der Waals surface area contributed by atoms with Crippen LogP contribution in [0.2, 0.25) is 0 Å². The lowest BCUT2D eigenvalue weighted by molar-refractivity contribution is 0.299. The van der Waals surface area contributed by atoms with Gasteiger partial charge in [-0.2, -0.15) is 0 Å². The van der Waals surface area contributed by atoms with Crippen LogP contribution < -0.4 is 14.8 Å². The highest BCUT2D eigenvalue weighted by Crippen LogP contribution is 2.29. The monoisotopic (exact) mass is 329 g/mol. The zero-order valence-electron chi connectivity index (χ0n) is 12.3. The van der Waals surface area contributed by atoms with Crippen LogP contribution in [-0.4, -0.2) is 25.8 Å². The van der Waals surface area contributed by atoms with E-state index in [1.807, 2.05) is 18.2 Å². The molecule has 0 heterocycles. The molecule has 0 radical (unpaired) electrons. The first-order valence-corrected chi connectivity index (χ1v) is 7.43. The summed E-state index contributed by atoms with van der Waals surface area (Å²) in [7, 11) is 1.66. The number of methoxy groups -OCH3 is 1. The van der Waals surface area contributed by atoms with Gasteiger partial charge >= 0.3 is 0 Å². The highest BCUT2D eigenvalue weighted by molar-refractivity contribution is 9.10. The summed E-state index contributed by atoms with van der Waals surface area (Å²) < 4.78 is 11.8. The third kappa shape index (κ3) is 6.83. The summed E-state index contributed by atoms with van der Waals surface area (Å²) in [5.41, 5.74) is 0.194. The van der Waals surface area contributed by atoms with Gasteiger partial charge in [-0.1, -0.05) is 0 Å². The average Bonchev–Trinajstić information content (AvgIpc) is 2.33. The minimum absolute atomic E-state index is 0.194. The second kappa shape index (κ2) is 7.75. The van der Waals surface area contributed by atoms with Crippen LogP contribution in [0.1, 0.15) is 33.6 Å². The van der Waals surface area contributed by atoms with E-state index in [4.69, 9.17) is 9.47 Å². The van der Waals surface area contributed by atoms with E-state index < -0.39 is 0 Å². The van der Waals surface area contributed by atoms with Crippen molar-refractivity contribution >= 4 is 15.9 Å². The number of hydrogen-bond donors (Lipinski definition) is 1. The van der Waals surface area contributed by atoms with E-state index in [2.05, 4.69) is 42.0 Å². The number of benzene rings is 1. The van der Waals surface area contributed by atoms with Gasteiger partial charge < -0.3 is 14.8 Å². The molecule has 0 saturated heterocycles. The van der Waals surface area contributed by atoms with Gasteiger partial charge in [0.25, 0.3) is 0 Å². The average molecular weight is 330 g/mol. The molecule has 0 aliphatic heterocycles. The second-order valence-electron chi connectivity index (χ2n) is 5.53. The minimum Gasteiger partial charge on any atom is -0.497 e. The molecule has 0 aromatic heterocycles. The summed E-state index contributed by atoms with van der Waals surface area (Å²) in [4.78, 5) is 0. The lowest BCUT2D eigenvalue weighted by Gasteiger charge is -2.20. The van der Waals surface area contributed by atoms with Gasteiger partial charge in [0.05, 0.1) is 18.2 Å². The number of halogens is 1. The van der Waals surface area contributed by atoms with Crippen molar-refractivity contribution in [3.05, 3.63) is 22.7 Å². The van der Waals surface area contributed by atoms with E-state index >= 15 is 0 Å². The molecule has 19 heavy (non-hydrogen) atoms. The van der Waals surface area contributed by atoms with Gasteiger partial charge in [-0.3, -0.25) is 0 Å². The molecular formula is C15H24BrNO2. The minimum atomic E-state index is 0.194. The Labute approximate surface area is 124 Å². The Morgan fingerprint density at radius 3 is 2.53 bits per heavy atom. The van der Waals surface area contributed by atoms with Gasteiger partial charge in [-0.05, 0) is 74.3 Å². The zero-order valence-corrected chi connectivity index (χ0v) is 13.8. The Morgan fingerprint density at radius 1 is 1.21 bits per heavy atom. The Morgan fingerprint density at radius 2 is 1.95 bits per heavy atom. The lowest BCUT2D eigenvalue weighted by Crippen LogP contribution is -2.36. The van der Waals surface area contributed by atoms with Crippen molar-refractivity contribution in [1.29, 1.82) is 0 Å². The smallest absolute Gasteiger partial charge is 0.133 e. The van der Waals surface area contributed by atoms with Crippen molar-refractivity contribution in [2.24, 2.45) is 0 Å². The predicted octanol–water partition coefficient (Wildman–Crippen LogP) is 4.00. The number of ether oxygens (including phenoxy) is 2. The zero-order chi connectivity index (χ0) is 14.3. The molecule has 1 N–H and O–H groups in total. The fraction of sp³-hybridized carbons (Fsp3) is 0.600. The van der Waals surface area contributed by atoms with E-state index in [1.165, 1.54) is 0 Å². The summed E-state index contributed by atoms with van der Waals surface area (Å²) in [5, 5.41) is 3.47. The molecule has 1 aromatic rings. The molecule has 1 rings (SSSR count). The Kier molecular flexibility index (Phi) is 6.66. The molecule has 0 aliphatic carbocycles. The van der Waals surface area contributed by atoms with Crippen LogP contribution in [0.5, 0.6) is 11.5 Å². The maximum absolute atomic E-state index is 5.74. The highest BCUT2D eigenvalue weighted by atomic mass is 79.9. The number of unbranched alkanes of at least 4 members (excludes halogenated alkanes) is 1. The van der Waals surface area contributed by atoms with Crippen LogP contribution in [0, 0.1) is 0 Å². The number of hydrogen-bond acceptors (Lipinski definition) is 3. The molecular weight excluding hydrogens is 306 g/mol. The number of rotatable bonds is 7. The second-order valence-corrected chi connectivity index (χ2v) is 6.38. The summed E-state index contributed by atoms with van der Waals surface area (Å²) in [5.74, 6) is 1.69. The molecule has 0 fully saturated rings. The van der Waals surface area contributed by atoms with E-state index in [0.717, 1.165) is 42.0 Å². The summed E-state index contributed by atoms with van der Waals surface area (Å²) in [6.45, 7) is 8.29. The quantitative estimate of drug-likeness (QED) is 0.767. The van der Waals surface area contributed by atoms with Gasteiger partial charge in [-0.15, -0.1) is 0 Å². The standard InChI is InChI=1S/C15H24BrNO2/c1-15(2,3)17-9-5-6-10-19-14-8-7-12(18-4)11-13(14)16/h7-8,11,17H,5-6,9-10H2,1-4H3. The molecule has 0 atom stereocenters. The fourth-order valence-electron chi connectivity index (χ4n) is 1.60. The lowest BCUT2D eigenvalue weighted by atomic mass is 10.1. The summed E-state index contributed by atoms with van der Waals surface area (Å²) in [6, 6.07) is 5.74. The molecule has 108 valence electrons. The fourth-order valence-corrected chi connectivity index (χ4v) is 2.07. The number of nitrogens with one attached hydrogen (secondary N) is 1. The van der Waals surface area contributed by atoms with Gasteiger partial charge in [-0.25, -0.2) is 0 Å². The molecule has 0 aliphatic rings. The molecule has 0 unspecified atom stereocenters. The topological polar surface area (TPSA) is 30.5 Å². The van der Waals surface area contributed by atoms with Gasteiger partial charge in [0.1, 0.15) is 11.5 Å². The van der Waals surface area contributed by atoms with Crippen LogP contribution in [0.3, 0.4) is 0 Å². The molecule has 0 amide bonds. The summed E-state index contributed by atoms with van der Waals surface area (Å²) in [6.07, 6.45) is 2.16. The Balaban J connectivity index is 2.23. The summed E-state index contributed by atoms with van der Waals surface area (Å²) >= 11 is 3.48. The highest BCUT2D eigenvalue weighted by Gasteiger charge is 2.07. The van der Waals surface area contributed by atoms with E-state index in [1.54, 1.807) is 7.11 Å². The third-order valence-electron chi connectivity index (χ3n) is 2.62. The normalized spacial score (nSPS) is 11.4. The Hall–Kier alpha value is -0.740. The van der Waals surface area contributed by atoms with Crippen LogP contribution in [0.15, 0.2) is 22.7 Å². The molecule has 0 saturated carbocycles. The molecule has 0 spiro atoms. The van der Waals surface area contributed by atoms with Crippen LogP contribution in [0.4, 0.5) is 0 Å². The first kappa shape index (κ1) is 16.3. The van der Waals surface area contributed by atoms with E-state index in [0.29, 0.717) is 0 Å². The SMILES string of the molecule is COc1ccc(OCCCCNC(C)(C)C)c(Br)c1. The maximum atomic E-state index is 5.74. The van der Waals surface area contributed by atoms with Gasteiger partial charge in [0, 0.05) is 5.54 Å². The van der Waals surface area contributed by atoms with Crippen molar-refractivity contribution in [1.82, 2.24) is 5.32 Å². The van der Waals surface area contributed by atoms with Crippen LogP contribution in [0.25, 0.3) is 0 Å². The van der Waals surface area contributed by atoms with E-state index in [-0.39, 0.29) is 5.54 Å². The maximum Gasteiger partial charge on any atom is 0.133 e. The van der Waals surface area contributed by atoms with Crippen molar-refractivity contribution in [3.8, 4) is 11.5 Å². The third-order valence-corrected chi connectivity index (χ3v) is 3.24. The molecule has 1 aromatic carbocycles. The van der Waals surface area contributed by atoms with Gasteiger partial charge in [0.15, 0.2) is 0 Å². The Bertz CT molecular complexity index is 388. The van der Waals surface area contributed by atoms with Crippen LogP contribution in [-0.2, 0) is 0 Å². The van der Waals surface area contributed by atoms with Crippen molar-refractivity contribution in [2.75, 3.05) is 20.3 Å². The molecule has 3 nitrogen and oxygen atoms in total. The first-order chi connectivity index (χ1) is 8.92. The largest absolute Gasteiger partial charge is 0.497 e. The van der Waals surface area contributed by atoms with Gasteiger partial charge in [0.2, 0.25) is 0 Å². The van der Waals surface area contributed by atoms with E-state index in [9.17, 15) is 0 Å². The van der Waals surface area contributed by atoms with Crippen molar-refractivity contribution < 1.29 is 9.47 Å². The predicted molar refractivity (Wildman–Crippen MR) is 83.2 cm³/mol. The first-order valence-electron chi connectivity index (χ1n) is 6.64. The van der Waals surface area contributed by atoms with Crippen molar-refractivity contribution in [3.63, 3.8) is 0 Å². The molecule has 4 heteroatoms. The van der Waals surface area contributed by atoms with Crippen molar-refractivity contribution in [2.45, 2.75) is 39.2 Å². The van der Waals surface area contributed by atoms with Crippen LogP contribution >= 0.6 is 15.9 Å². The molecule has 0 bridgehead atoms.